The molecule has 12 heavy (non-hydrogen) atoms. The van der Waals surface area contributed by atoms with E-state index in [0.717, 1.165) is 13.0 Å². The summed E-state index contributed by atoms with van der Waals surface area (Å²) in [5, 5.41) is 8.64. The van der Waals surface area contributed by atoms with Gasteiger partial charge in [0.2, 0.25) is 0 Å². The predicted octanol–water partition coefficient (Wildman–Crippen LogP) is 1.33. The van der Waals surface area contributed by atoms with Crippen LogP contribution in [0.5, 0.6) is 0 Å². The SMILES string of the molecule is CCC(CC(=O)O)N1CCC1C. The van der Waals surface area contributed by atoms with E-state index in [1.807, 2.05) is 0 Å². The molecule has 0 aromatic carbocycles. The van der Waals surface area contributed by atoms with Gasteiger partial charge in [-0.1, -0.05) is 6.92 Å². The van der Waals surface area contributed by atoms with Gasteiger partial charge in [-0.15, -0.1) is 0 Å². The second-order valence-electron chi connectivity index (χ2n) is 3.54. The molecule has 2 unspecified atom stereocenters. The standard InChI is InChI=1S/C9H17NO2/c1-3-8(6-9(11)12)10-5-4-7(10)2/h7-8H,3-6H2,1-2H3,(H,11,12). The van der Waals surface area contributed by atoms with E-state index < -0.39 is 5.97 Å². The molecule has 3 nitrogen and oxygen atoms in total. The maximum absolute atomic E-state index is 10.5. The molecule has 0 bridgehead atoms. The van der Waals surface area contributed by atoms with Crippen molar-refractivity contribution in [3.05, 3.63) is 0 Å². The molecule has 0 aromatic heterocycles. The summed E-state index contributed by atoms with van der Waals surface area (Å²) in [6.07, 6.45) is 2.45. The summed E-state index contributed by atoms with van der Waals surface area (Å²) >= 11 is 0. The van der Waals surface area contributed by atoms with Gasteiger partial charge in [-0.2, -0.15) is 0 Å². The van der Waals surface area contributed by atoms with Crippen LogP contribution in [0.3, 0.4) is 0 Å². The number of hydrogen-bond acceptors (Lipinski definition) is 2. The fourth-order valence-corrected chi connectivity index (χ4v) is 1.78. The van der Waals surface area contributed by atoms with Crippen LogP contribution in [0.25, 0.3) is 0 Å². The first kappa shape index (κ1) is 9.52. The van der Waals surface area contributed by atoms with E-state index in [9.17, 15) is 4.79 Å². The quantitative estimate of drug-likeness (QED) is 0.693. The van der Waals surface area contributed by atoms with Gasteiger partial charge in [0.25, 0.3) is 0 Å². The molecule has 0 aliphatic carbocycles. The molecule has 1 aliphatic rings. The lowest BCUT2D eigenvalue weighted by Gasteiger charge is -2.43. The molecule has 1 heterocycles. The highest BCUT2D eigenvalue weighted by Crippen LogP contribution is 2.23. The number of rotatable bonds is 4. The maximum Gasteiger partial charge on any atom is 0.304 e. The molecule has 1 aliphatic heterocycles. The van der Waals surface area contributed by atoms with Gasteiger partial charge in [-0.3, -0.25) is 9.69 Å². The summed E-state index contributed by atoms with van der Waals surface area (Å²) in [6, 6.07) is 0.848. The summed E-state index contributed by atoms with van der Waals surface area (Å²) in [5.74, 6) is -0.680. The number of carboxylic acids is 1. The average molecular weight is 171 g/mol. The van der Waals surface area contributed by atoms with Gasteiger partial charge in [0.15, 0.2) is 0 Å². The molecular formula is C9H17NO2. The van der Waals surface area contributed by atoms with Crippen LogP contribution >= 0.6 is 0 Å². The van der Waals surface area contributed by atoms with Gasteiger partial charge in [0.05, 0.1) is 6.42 Å². The highest BCUT2D eigenvalue weighted by molar-refractivity contribution is 5.67. The van der Waals surface area contributed by atoms with E-state index in [2.05, 4.69) is 18.7 Å². The highest BCUT2D eigenvalue weighted by atomic mass is 16.4. The number of nitrogens with zero attached hydrogens (tertiary/aromatic N) is 1. The Morgan fingerprint density at radius 2 is 2.42 bits per heavy atom. The molecule has 70 valence electrons. The number of hydrogen-bond donors (Lipinski definition) is 1. The van der Waals surface area contributed by atoms with Crippen LogP contribution in [0.1, 0.15) is 33.1 Å². The van der Waals surface area contributed by atoms with E-state index in [1.165, 1.54) is 6.42 Å². The van der Waals surface area contributed by atoms with Crippen LogP contribution in [0, 0.1) is 0 Å². The van der Waals surface area contributed by atoms with E-state index >= 15 is 0 Å². The molecule has 0 saturated carbocycles. The third-order valence-electron chi connectivity index (χ3n) is 2.72. The minimum atomic E-state index is -0.680. The van der Waals surface area contributed by atoms with Crippen molar-refractivity contribution in [2.24, 2.45) is 0 Å². The fourth-order valence-electron chi connectivity index (χ4n) is 1.78. The Hall–Kier alpha value is -0.570. The van der Waals surface area contributed by atoms with Gasteiger partial charge >= 0.3 is 5.97 Å². The normalized spacial score (nSPS) is 26.3. The van der Waals surface area contributed by atoms with Crippen LogP contribution in [0.2, 0.25) is 0 Å². The van der Waals surface area contributed by atoms with Crippen molar-refractivity contribution in [1.29, 1.82) is 0 Å². The van der Waals surface area contributed by atoms with Crippen molar-refractivity contribution < 1.29 is 9.90 Å². The van der Waals surface area contributed by atoms with Crippen LogP contribution in [0.4, 0.5) is 0 Å². The molecular weight excluding hydrogens is 154 g/mol. The van der Waals surface area contributed by atoms with Crippen LogP contribution in [-0.4, -0.2) is 34.6 Å². The monoisotopic (exact) mass is 171 g/mol. The van der Waals surface area contributed by atoms with Crippen molar-refractivity contribution in [3.63, 3.8) is 0 Å². The zero-order valence-electron chi connectivity index (χ0n) is 7.79. The number of likely N-dealkylation sites (tertiary alicyclic amines) is 1. The van der Waals surface area contributed by atoms with Gasteiger partial charge in [0, 0.05) is 18.6 Å². The minimum absolute atomic E-state index is 0.256. The predicted molar refractivity (Wildman–Crippen MR) is 47.1 cm³/mol. The number of aliphatic carboxylic acids is 1. The van der Waals surface area contributed by atoms with Gasteiger partial charge in [-0.05, 0) is 19.8 Å². The molecule has 0 radical (unpaired) electrons. The van der Waals surface area contributed by atoms with Crippen molar-refractivity contribution in [2.45, 2.75) is 45.2 Å². The minimum Gasteiger partial charge on any atom is -0.481 e. The van der Waals surface area contributed by atoms with Crippen LogP contribution < -0.4 is 0 Å². The molecule has 0 amide bonds. The second-order valence-corrected chi connectivity index (χ2v) is 3.54. The van der Waals surface area contributed by atoms with E-state index in [0.29, 0.717) is 12.5 Å². The zero-order chi connectivity index (χ0) is 9.14. The van der Waals surface area contributed by atoms with E-state index in [4.69, 9.17) is 5.11 Å². The average Bonchev–Trinajstić information content (AvgIpc) is 1.99. The lowest BCUT2D eigenvalue weighted by atomic mass is 9.98. The van der Waals surface area contributed by atoms with Gasteiger partial charge in [0.1, 0.15) is 0 Å². The third kappa shape index (κ3) is 1.97. The molecule has 0 aromatic rings. The Balaban J connectivity index is 2.39. The molecule has 1 saturated heterocycles. The van der Waals surface area contributed by atoms with Gasteiger partial charge in [-0.25, -0.2) is 0 Å². The van der Waals surface area contributed by atoms with Gasteiger partial charge < -0.3 is 5.11 Å². The molecule has 3 heteroatoms. The first-order valence-corrected chi connectivity index (χ1v) is 4.62. The molecule has 0 spiro atoms. The van der Waals surface area contributed by atoms with Crippen molar-refractivity contribution in [2.75, 3.05) is 6.54 Å². The summed E-state index contributed by atoms with van der Waals surface area (Å²) in [5.41, 5.74) is 0. The molecule has 1 N–H and O–H groups in total. The largest absolute Gasteiger partial charge is 0.481 e. The Morgan fingerprint density at radius 3 is 2.67 bits per heavy atom. The Kier molecular flexibility index (Phi) is 3.09. The lowest BCUT2D eigenvalue weighted by Crippen LogP contribution is -2.52. The highest BCUT2D eigenvalue weighted by Gasteiger charge is 2.30. The number of carboxylic acid groups (broad SMARTS) is 1. The summed E-state index contributed by atoms with van der Waals surface area (Å²) in [4.78, 5) is 12.8. The summed E-state index contributed by atoms with van der Waals surface area (Å²) in [6.45, 7) is 5.29. The van der Waals surface area contributed by atoms with Crippen LogP contribution in [-0.2, 0) is 4.79 Å². The smallest absolute Gasteiger partial charge is 0.304 e. The maximum atomic E-state index is 10.5. The van der Waals surface area contributed by atoms with E-state index in [1.54, 1.807) is 0 Å². The third-order valence-corrected chi connectivity index (χ3v) is 2.72. The lowest BCUT2D eigenvalue weighted by molar-refractivity contribution is -0.139. The van der Waals surface area contributed by atoms with Crippen molar-refractivity contribution >= 4 is 5.97 Å². The Morgan fingerprint density at radius 1 is 1.75 bits per heavy atom. The molecule has 1 rings (SSSR count). The Labute approximate surface area is 73.4 Å². The summed E-state index contributed by atoms with van der Waals surface area (Å²) in [7, 11) is 0. The van der Waals surface area contributed by atoms with Crippen molar-refractivity contribution in [1.82, 2.24) is 4.90 Å². The van der Waals surface area contributed by atoms with Crippen LogP contribution in [0.15, 0.2) is 0 Å². The first-order chi connectivity index (χ1) is 5.65. The summed E-state index contributed by atoms with van der Waals surface area (Å²) < 4.78 is 0. The molecule has 2 atom stereocenters. The first-order valence-electron chi connectivity index (χ1n) is 4.62. The topological polar surface area (TPSA) is 40.5 Å². The zero-order valence-corrected chi connectivity index (χ0v) is 7.79. The van der Waals surface area contributed by atoms with E-state index in [-0.39, 0.29) is 6.04 Å². The molecule has 1 fully saturated rings. The number of carbonyl (C=O) groups is 1. The Bertz CT molecular complexity index is 170. The van der Waals surface area contributed by atoms with Crippen molar-refractivity contribution in [3.8, 4) is 0 Å². The fraction of sp³-hybridized carbons (Fsp3) is 0.889. The second kappa shape index (κ2) is 3.90.